The zero-order valence-electron chi connectivity index (χ0n) is 12.0. The van der Waals surface area contributed by atoms with Crippen LogP contribution >= 0.6 is 0 Å². The Kier molecular flexibility index (Phi) is 2.94. The maximum absolute atomic E-state index is 11.0. The molecule has 3 aromatic rings. The van der Waals surface area contributed by atoms with Gasteiger partial charge in [0.25, 0.3) is 0 Å². The number of nitrogens with zero attached hydrogens (tertiary/aromatic N) is 2. The van der Waals surface area contributed by atoms with E-state index in [9.17, 15) is 4.79 Å². The maximum atomic E-state index is 11.0. The molecule has 2 heterocycles. The van der Waals surface area contributed by atoms with E-state index in [4.69, 9.17) is 9.84 Å². The van der Waals surface area contributed by atoms with Gasteiger partial charge in [0.1, 0.15) is 5.75 Å². The van der Waals surface area contributed by atoms with Gasteiger partial charge in [0.2, 0.25) is 0 Å². The molecule has 6 heteroatoms. The second kappa shape index (κ2) is 4.66. The Labute approximate surface area is 121 Å². The largest absolute Gasteiger partial charge is 0.495 e. The lowest BCUT2D eigenvalue weighted by Crippen LogP contribution is -1.99. The Morgan fingerprint density at radius 2 is 2.14 bits per heavy atom. The number of ether oxygens (including phenoxy) is 1. The number of carbonyl (C=O) groups is 1. The monoisotopic (exact) mass is 285 g/mol. The predicted molar refractivity (Wildman–Crippen MR) is 78.7 cm³/mol. The van der Waals surface area contributed by atoms with Gasteiger partial charge in [0.15, 0.2) is 5.69 Å². The van der Waals surface area contributed by atoms with Gasteiger partial charge in [0, 0.05) is 24.2 Å². The molecule has 3 rings (SSSR count). The Hall–Kier alpha value is -2.76. The molecule has 1 aromatic carbocycles. The molecule has 0 aliphatic carbocycles. The van der Waals surface area contributed by atoms with E-state index >= 15 is 0 Å². The Morgan fingerprint density at radius 1 is 1.38 bits per heavy atom. The van der Waals surface area contributed by atoms with E-state index in [2.05, 4.69) is 10.1 Å². The van der Waals surface area contributed by atoms with Gasteiger partial charge in [-0.15, -0.1) is 0 Å². The lowest BCUT2D eigenvalue weighted by molar-refractivity contribution is 0.0689. The van der Waals surface area contributed by atoms with Crippen LogP contribution in [0.25, 0.3) is 22.2 Å². The number of carboxylic acid groups (broad SMARTS) is 1. The zero-order valence-corrected chi connectivity index (χ0v) is 12.0. The van der Waals surface area contributed by atoms with Crippen molar-refractivity contribution in [3.8, 4) is 17.0 Å². The second-order valence-corrected chi connectivity index (χ2v) is 4.92. The third-order valence-electron chi connectivity index (χ3n) is 3.57. The molecule has 0 saturated carbocycles. The molecule has 0 aliphatic rings. The van der Waals surface area contributed by atoms with Gasteiger partial charge in [-0.1, -0.05) is 0 Å². The molecule has 0 bridgehead atoms. The average Bonchev–Trinajstić information content (AvgIpc) is 3.02. The summed E-state index contributed by atoms with van der Waals surface area (Å²) >= 11 is 0. The summed E-state index contributed by atoms with van der Waals surface area (Å²) in [5.41, 5.74) is 3.65. The first-order valence-electron chi connectivity index (χ1n) is 6.44. The number of H-pyrrole nitrogens is 1. The molecule has 0 fully saturated rings. The van der Waals surface area contributed by atoms with Crippen LogP contribution in [0.2, 0.25) is 0 Å². The van der Waals surface area contributed by atoms with Crippen LogP contribution < -0.4 is 4.74 Å². The average molecular weight is 285 g/mol. The van der Waals surface area contributed by atoms with Crippen molar-refractivity contribution in [2.45, 2.75) is 6.92 Å². The SMILES string of the molecule is COc1cc(-c2cc(C(=O)O)nn2C)cc2c(C)c[nH]c12. The number of aromatic carboxylic acids is 1. The van der Waals surface area contributed by atoms with Crippen molar-refractivity contribution in [1.29, 1.82) is 0 Å². The quantitative estimate of drug-likeness (QED) is 0.775. The molecule has 0 radical (unpaired) electrons. The minimum Gasteiger partial charge on any atom is -0.495 e. The molecular weight excluding hydrogens is 270 g/mol. The van der Waals surface area contributed by atoms with E-state index < -0.39 is 5.97 Å². The molecule has 0 saturated heterocycles. The Balaban J connectivity index is 2.25. The smallest absolute Gasteiger partial charge is 0.356 e. The third kappa shape index (κ3) is 2.05. The molecule has 0 aliphatic heterocycles. The Bertz CT molecular complexity index is 845. The summed E-state index contributed by atoms with van der Waals surface area (Å²) in [7, 11) is 3.34. The highest BCUT2D eigenvalue weighted by molar-refractivity contribution is 5.93. The summed E-state index contributed by atoms with van der Waals surface area (Å²) < 4.78 is 6.98. The fourth-order valence-electron chi connectivity index (χ4n) is 2.48. The molecule has 108 valence electrons. The van der Waals surface area contributed by atoms with Gasteiger partial charge in [-0.3, -0.25) is 4.68 Å². The molecular formula is C15H15N3O3. The van der Waals surface area contributed by atoms with Crippen LogP contribution in [0.3, 0.4) is 0 Å². The van der Waals surface area contributed by atoms with Crippen LogP contribution in [0.15, 0.2) is 24.4 Å². The van der Waals surface area contributed by atoms with E-state index in [1.54, 1.807) is 24.9 Å². The number of aromatic amines is 1. The maximum Gasteiger partial charge on any atom is 0.356 e. The van der Waals surface area contributed by atoms with Crippen molar-refractivity contribution in [2.24, 2.45) is 7.05 Å². The second-order valence-electron chi connectivity index (χ2n) is 4.92. The fourth-order valence-corrected chi connectivity index (χ4v) is 2.48. The summed E-state index contributed by atoms with van der Waals surface area (Å²) in [5, 5.41) is 14.1. The van der Waals surface area contributed by atoms with Crippen LogP contribution in [0.4, 0.5) is 0 Å². The highest BCUT2D eigenvalue weighted by atomic mass is 16.5. The number of hydrogen-bond donors (Lipinski definition) is 2. The van der Waals surface area contributed by atoms with Gasteiger partial charge in [-0.05, 0) is 30.7 Å². The number of aromatic nitrogens is 3. The van der Waals surface area contributed by atoms with Crippen molar-refractivity contribution in [3.63, 3.8) is 0 Å². The fraction of sp³-hybridized carbons (Fsp3) is 0.200. The molecule has 2 aromatic heterocycles. The number of benzene rings is 1. The van der Waals surface area contributed by atoms with Gasteiger partial charge >= 0.3 is 5.97 Å². The lowest BCUT2D eigenvalue weighted by Gasteiger charge is -2.07. The summed E-state index contributed by atoms with van der Waals surface area (Å²) in [6.07, 6.45) is 1.92. The van der Waals surface area contributed by atoms with Crippen molar-refractivity contribution in [1.82, 2.24) is 14.8 Å². The highest BCUT2D eigenvalue weighted by Gasteiger charge is 2.15. The van der Waals surface area contributed by atoms with Crippen LogP contribution in [0.1, 0.15) is 16.1 Å². The van der Waals surface area contributed by atoms with Gasteiger partial charge in [-0.25, -0.2) is 4.79 Å². The number of fused-ring (bicyclic) bond motifs is 1. The summed E-state index contributed by atoms with van der Waals surface area (Å²) in [6.45, 7) is 2.01. The molecule has 0 atom stereocenters. The number of hydrogen-bond acceptors (Lipinski definition) is 3. The molecule has 0 unspecified atom stereocenters. The molecule has 6 nitrogen and oxygen atoms in total. The first-order valence-corrected chi connectivity index (χ1v) is 6.44. The van der Waals surface area contributed by atoms with Gasteiger partial charge in [0.05, 0.1) is 18.3 Å². The molecule has 2 N–H and O–H groups in total. The van der Waals surface area contributed by atoms with E-state index in [0.29, 0.717) is 5.75 Å². The Morgan fingerprint density at radius 3 is 2.76 bits per heavy atom. The zero-order chi connectivity index (χ0) is 15.1. The molecule has 21 heavy (non-hydrogen) atoms. The number of aryl methyl sites for hydroxylation is 2. The minimum atomic E-state index is -1.04. The van der Waals surface area contributed by atoms with E-state index in [0.717, 1.165) is 27.7 Å². The van der Waals surface area contributed by atoms with E-state index in [1.165, 1.54) is 0 Å². The normalized spacial score (nSPS) is 11.0. The standard InChI is InChI=1S/C15H15N3O3/c1-8-7-16-14-10(8)4-9(5-13(14)21-3)12-6-11(15(19)20)17-18(12)2/h4-7,16H,1-3H3,(H,19,20). The summed E-state index contributed by atoms with van der Waals surface area (Å²) in [5.74, 6) is -0.323. The topological polar surface area (TPSA) is 80.1 Å². The number of nitrogens with one attached hydrogen (secondary N) is 1. The van der Waals surface area contributed by atoms with E-state index in [-0.39, 0.29) is 5.69 Å². The third-order valence-corrected chi connectivity index (χ3v) is 3.57. The molecule has 0 spiro atoms. The van der Waals surface area contributed by atoms with Crippen LogP contribution in [0, 0.1) is 6.92 Å². The van der Waals surface area contributed by atoms with Crippen LogP contribution in [0.5, 0.6) is 5.75 Å². The predicted octanol–water partition coefficient (Wildman–Crippen LogP) is 2.58. The number of methoxy groups -OCH3 is 1. The first kappa shape index (κ1) is 13.2. The van der Waals surface area contributed by atoms with Crippen molar-refractivity contribution in [3.05, 3.63) is 35.7 Å². The lowest BCUT2D eigenvalue weighted by atomic mass is 10.1. The first-order chi connectivity index (χ1) is 10.0. The summed E-state index contributed by atoms with van der Waals surface area (Å²) in [6, 6.07) is 5.44. The van der Waals surface area contributed by atoms with Crippen molar-refractivity contribution in [2.75, 3.05) is 7.11 Å². The van der Waals surface area contributed by atoms with Crippen LogP contribution in [-0.4, -0.2) is 33.0 Å². The van der Waals surface area contributed by atoms with Gasteiger partial charge in [-0.2, -0.15) is 5.10 Å². The van der Waals surface area contributed by atoms with Crippen LogP contribution in [-0.2, 0) is 7.05 Å². The van der Waals surface area contributed by atoms with Crippen molar-refractivity contribution >= 4 is 16.9 Å². The number of rotatable bonds is 3. The highest BCUT2D eigenvalue weighted by Crippen LogP contribution is 2.33. The van der Waals surface area contributed by atoms with Gasteiger partial charge < -0.3 is 14.8 Å². The van der Waals surface area contributed by atoms with Crippen molar-refractivity contribution < 1.29 is 14.6 Å². The van der Waals surface area contributed by atoms with E-state index in [1.807, 2.05) is 25.3 Å². The molecule has 0 amide bonds. The minimum absolute atomic E-state index is 0.0253. The number of carboxylic acids is 1. The summed E-state index contributed by atoms with van der Waals surface area (Å²) in [4.78, 5) is 14.2.